The molecule has 24 heavy (non-hydrogen) atoms. The van der Waals surface area contributed by atoms with E-state index in [0.717, 1.165) is 12.8 Å². The highest BCUT2D eigenvalue weighted by Gasteiger charge is 2.14. The Labute approximate surface area is 143 Å². The summed E-state index contributed by atoms with van der Waals surface area (Å²) < 4.78 is 0. The van der Waals surface area contributed by atoms with Crippen molar-refractivity contribution in [2.24, 2.45) is 0 Å². The van der Waals surface area contributed by atoms with Crippen LogP contribution in [0.25, 0.3) is 0 Å². The Hall–Kier alpha value is -2.17. The van der Waals surface area contributed by atoms with E-state index in [1.165, 1.54) is 24.0 Å². The summed E-state index contributed by atoms with van der Waals surface area (Å²) in [5.41, 5.74) is 3.29. The number of ketones is 1. The minimum absolute atomic E-state index is 0.0230. The third-order valence-electron chi connectivity index (χ3n) is 4.15. The molecule has 1 aromatic carbocycles. The SMILES string of the molecule is CC(C)NC(=O)CNC(=O)CCC(=O)c1ccc2c(c1)CCCC2. The van der Waals surface area contributed by atoms with E-state index in [1.54, 1.807) is 0 Å². The van der Waals surface area contributed by atoms with Crippen molar-refractivity contribution in [3.8, 4) is 0 Å². The molecular weight excluding hydrogens is 304 g/mol. The number of hydrogen-bond donors (Lipinski definition) is 2. The van der Waals surface area contributed by atoms with E-state index in [4.69, 9.17) is 0 Å². The third kappa shape index (κ3) is 5.48. The lowest BCUT2D eigenvalue weighted by Gasteiger charge is -2.16. The van der Waals surface area contributed by atoms with Crippen LogP contribution in [-0.2, 0) is 22.4 Å². The molecule has 130 valence electrons. The van der Waals surface area contributed by atoms with Crippen LogP contribution in [0.4, 0.5) is 0 Å². The van der Waals surface area contributed by atoms with Crippen molar-refractivity contribution in [1.29, 1.82) is 0 Å². The molecule has 2 rings (SSSR count). The Bertz CT molecular complexity index is 623. The Morgan fingerprint density at radius 3 is 2.42 bits per heavy atom. The summed E-state index contributed by atoms with van der Waals surface area (Å²) >= 11 is 0. The van der Waals surface area contributed by atoms with Gasteiger partial charge >= 0.3 is 0 Å². The molecule has 0 fully saturated rings. The summed E-state index contributed by atoms with van der Waals surface area (Å²) in [6, 6.07) is 5.92. The van der Waals surface area contributed by atoms with Crippen molar-refractivity contribution in [3.05, 3.63) is 34.9 Å². The lowest BCUT2D eigenvalue weighted by atomic mass is 9.89. The van der Waals surface area contributed by atoms with Gasteiger partial charge in [0.15, 0.2) is 5.78 Å². The maximum Gasteiger partial charge on any atom is 0.239 e. The van der Waals surface area contributed by atoms with Crippen LogP contribution < -0.4 is 10.6 Å². The molecule has 0 atom stereocenters. The number of nitrogens with one attached hydrogen (secondary N) is 2. The average molecular weight is 330 g/mol. The number of benzene rings is 1. The number of carbonyl (C=O) groups excluding carboxylic acids is 3. The second kappa shape index (κ2) is 8.62. The van der Waals surface area contributed by atoms with Crippen LogP contribution in [0.3, 0.4) is 0 Å². The van der Waals surface area contributed by atoms with E-state index in [2.05, 4.69) is 10.6 Å². The Morgan fingerprint density at radius 2 is 1.71 bits per heavy atom. The zero-order chi connectivity index (χ0) is 17.5. The largest absolute Gasteiger partial charge is 0.352 e. The van der Waals surface area contributed by atoms with Crippen LogP contribution in [0, 0.1) is 0 Å². The van der Waals surface area contributed by atoms with Gasteiger partial charge in [-0.3, -0.25) is 14.4 Å². The van der Waals surface area contributed by atoms with Crippen LogP contribution in [0.2, 0.25) is 0 Å². The van der Waals surface area contributed by atoms with Gasteiger partial charge in [0.05, 0.1) is 6.54 Å². The van der Waals surface area contributed by atoms with Crippen molar-refractivity contribution in [2.45, 2.75) is 58.4 Å². The molecule has 0 aromatic heterocycles. The molecule has 0 aliphatic heterocycles. The van der Waals surface area contributed by atoms with Crippen molar-refractivity contribution in [3.63, 3.8) is 0 Å². The number of carbonyl (C=O) groups is 3. The number of hydrogen-bond acceptors (Lipinski definition) is 3. The number of aryl methyl sites for hydroxylation is 2. The molecule has 2 amide bonds. The van der Waals surface area contributed by atoms with E-state index in [-0.39, 0.29) is 43.0 Å². The molecule has 5 nitrogen and oxygen atoms in total. The fourth-order valence-corrected chi connectivity index (χ4v) is 2.92. The van der Waals surface area contributed by atoms with Crippen molar-refractivity contribution >= 4 is 17.6 Å². The molecule has 5 heteroatoms. The normalized spacial score (nSPS) is 13.3. The molecular formula is C19H26N2O3. The van der Waals surface area contributed by atoms with Gasteiger partial charge in [-0.15, -0.1) is 0 Å². The molecule has 0 unspecified atom stereocenters. The van der Waals surface area contributed by atoms with Crippen molar-refractivity contribution in [1.82, 2.24) is 10.6 Å². The van der Waals surface area contributed by atoms with Gasteiger partial charge in [-0.2, -0.15) is 0 Å². The average Bonchev–Trinajstić information content (AvgIpc) is 2.56. The molecule has 0 saturated heterocycles. The monoisotopic (exact) mass is 330 g/mol. The second-order valence-corrected chi connectivity index (χ2v) is 6.61. The molecule has 0 heterocycles. The summed E-state index contributed by atoms with van der Waals surface area (Å²) in [4.78, 5) is 35.5. The van der Waals surface area contributed by atoms with Crippen molar-refractivity contribution < 1.29 is 14.4 Å². The summed E-state index contributed by atoms with van der Waals surface area (Å²) in [5, 5.41) is 5.24. The van der Waals surface area contributed by atoms with Crippen LogP contribution in [-0.4, -0.2) is 30.2 Å². The zero-order valence-electron chi connectivity index (χ0n) is 14.5. The van der Waals surface area contributed by atoms with E-state index in [9.17, 15) is 14.4 Å². The summed E-state index contributed by atoms with van der Waals surface area (Å²) in [5.74, 6) is -0.523. The van der Waals surface area contributed by atoms with Gasteiger partial charge in [-0.05, 0) is 56.7 Å². The maximum absolute atomic E-state index is 12.3. The fraction of sp³-hybridized carbons (Fsp3) is 0.526. The predicted molar refractivity (Wildman–Crippen MR) is 92.9 cm³/mol. The number of fused-ring (bicyclic) bond motifs is 1. The number of amides is 2. The van der Waals surface area contributed by atoms with Crippen LogP contribution >= 0.6 is 0 Å². The minimum atomic E-state index is -0.278. The van der Waals surface area contributed by atoms with Gasteiger partial charge in [0, 0.05) is 24.4 Å². The topological polar surface area (TPSA) is 75.3 Å². The van der Waals surface area contributed by atoms with E-state index in [0.29, 0.717) is 5.56 Å². The lowest BCUT2D eigenvalue weighted by Crippen LogP contribution is -2.39. The van der Waals surface area contributed by atoms with Crippen molar-refractivity contribution in [2.75, 3.05) is 6.54 Å². The molecule has 1 aromatic rings. The molecule has 0 spiro atoms. The van der Waals surface area contributed by atoms with Gasteiger partial charge in [0.2, 0.25) is 11.8 Å². The Morgan fingerprint density at radius 1 is 1.00 bits per heavy atom. The first-order chi connectivity index (χ1) is 11.5. The highest BCUT2D eigenvalue weighted by atomic mass is 16.2. The van der Waals surface area contributed by atoms with Crippen LogP contribution in [0.1, 0.15) is 61.0 Å². The summed E-state index contributed by atoms with van der Waals surface area (Å²) in [6.45, 7) is 3.66. The lowest BCUT2D eigenvalue weighted by molar-refractivity contribution is -0.126. The highest BCUT2D eigenvalue weighted by Crippen LogP contribution is 2.22. The second-order valence-electron chi connectivity index (χ2n) is 6.61. The van der Waals surface area contributed by atoms with E-state index in [1.807, 2.05) is 32.0 Å². The predicted octanol–water partition coefficient (Wildman–Crippen LogP) is 2.17. The number of rotatable bonds is 7. The van der Waals surface area contributed by atoms with Gasteiger partial charge in [-0.1, -0.05) is 12.1 Å². The summed E-state index contributed by atoms with van der Waals surface area (Å²) in [7, 11) is 0. The molecule has 1 aliphatic carbocycles. The van der Waals surface area contributed by atoms with Gasteiger partial charge < -0.3 is 10.6 Å². The fourth-order valence-electron chi connectivity index (χ4n) is 2.92. The maximum atomic E-state index is 12.3. The smallest absolute Gasteiger partial charge is 0.239 e. The first-order valence-corrected chi connectivity index (χ1v) is 8.67. The first kappa shape index (κ1) is 18.2. The highest BCUT2D eigenvalue weighted by molar-refractivity contribution is 5.98. The third-order valence-corrected chi connectivity index (χ3v) is 4.15. The van der Waals surface area contributed by atoms with Gasteiger partial charge in [-0.25, -0.2) is 0 Å². The number of Topliss-reactive ketones (excluding diaryl/α,β-unsaturated/α-hetero) is 1. The molecule has 0 radical (unpaired) electrons. The van der Waals surface area contributed by atoms with Crippen LogP contribution in [0.15, 0.2) is 18.2 Å². The van der Waals surface area contributed by atoms with E-state index >= 15 is 0 Å². The molecule has 0 bridgehead atoms. The van der Waals surface area contributed by atoms with Gasteiger partial charge in [0.25, 0.3) is 0 Å². The van der Waals surface area contributed by atoms with Crippen LogP contribution in [0.5, 0.6) is 0 Å². The Kier molecular flexibility index (Phi) is 6.53. The molecule has 1 aliphatic rings. The van der Waals surface area contributed by atoms with E-state index < -0.39 is 0 Å². The Balaban J connectivity index is 1.78. The zero-order valence-corrected chi connectivity index (χ0v) is 14.5. The summed E-state index contributed by atoms with van der Waals surface area (Å²) in [6.07, 6.45) is 4.77. The standard InChI is InChI=1S/C19H26N2O3/c1-13(2)21-19(24)12-20-18(23)10-9-17(22)16-8-7-14-5-3-4-6-15(14)11-16/h7-8,11,13H,3-6,9-10,12H2,1-2H3,(H,20,23)(H,21,24). The molecule has 0 saturated carbocycles. The minimum Gasteiger partial charge on any atom is -0.352 e. The first-order valence-electron chi connectivity index (χ1n) is 8.67. The quantitative estimate of drug-likeness (QED) is 0.752. The van der Waals surface area contributed by atoms with Gasteiger partial charge in [0.1, 0.15) is 0 Å². The molecule has 2 N–H and O–H groups in total.